The molecule has 1 aliphatic carbocycles. The first kappa shape index (κ1) is 11.1. The average Bonchev–Trinajstić information content (AvgIpc) is 2.68. The van der Waals surface area contributed by atoms with E-state index < -0.39 is 30.3 Å². The molecule has 2 rings (SSSR count). The van der Waals surface area contributed by atoms with Crippen LogP contribution in [0, 0.1) is 5.92 Å². The van der Waals surface area contributed by atoms with Crippen molar-refractivity contribution >= 4 is 5.97 Å². The van der Waals surface area contributed by atoms with E-state index in [1.807, 2.05) is 0 Å². The number of carbonyl (C=O) groups is 1. The lowest BCUT2D eigenvalue weighted by atomic mass is 9.82. The van der Waals surface area contributed by atoms with Crippen molar-refractivity contribution in [2.24, 2.45) is 5.92 Å². The van der Waals surface area contributed by atoms with Gasteiger partial charge < -0.3 is 9.67 Å². The van der Waals surface area contributed by atoms with Gasteiger partial charge in [0.2, 0.25) is 5.92 Å². The molecule has 0 aliphatic heterocycles. The third kappa shape index (κ3) is 2.08. The number of hydrogen-bond donors (Lipinski definition) is 1. The van der Waals surface area contributed by atoms with Gasteiger partial charge in [0, 0.05) is 25.2 Å². The van der Waals surface area contributed by atoms with E-state index in [-0.39, 0.29) is 12.8 Å². The topological polar surface area (TPSA) is 42.2 Å². The number of rotatable bonds is 2. The molecule has 88 valence electrons. The lowest BCUT2D eigenvalue weighted by Gasteiger charge is -2.34. The highest BCUT2D eigenvalue weighted by Gasteiger charge is 2.44. The van der Waals surface area contributed by atoms with Crippen LogP contribution in [0.2, 0.25) is 0 Å². The maximum Gasteiger partial charge on any atom is 0.308 e. The standard InChI is InChI=1S/C11H13F2NO2/c12-11(13)4-3-8(10(15)16)9(7-11)14-5-1-2-6-14/h1-2,5-6,8-9H,3-4,7H2,(H,15,16)/t8-,9-/m1/s1. The van der Waals surface area contributed by atoms with E-state index in [9.17, 15) is 13.6 Å². The average molecular weight is 229 g/mol. The third-order valence-electron chi connectivity index (χ3n) is 3.12. The van der Waals surface area contributed by atoms with Crippen LogP contribution in [-0.2, 0) is 4.79 Å². The Kier molecular flexibility index (Phi) is 2.69. The van der Waals surface area contributed by atoms with E-state index in [2.05, 4.69) is 0 Å². The van der Waals surface area contributed by atoms with Crippen molar-refractivity contribution in [2.45, 2.75) is 31.2 Å². The number of hydrogen-bond acceptors (Lipinski definition) is 1. The van der Waals surface area contributed by atoms with Crippen molar-refractivity contribution in [3.8, 4) is 0 Å². The van der Waals surface area contributed by atoms with Crippen LogP contribution in [0.4, 0.5) is 8.78 Å². The Balaban J connectivity index is 2.25. The number of carboxylic acids is 1. The summed E-state index contributed by atoms with van der Waals surface area (Å²) in [6.07, 6.45) is 2.59. The summed E-state index contributed by atoms with van der Waals surface area (Å²) in [7, 11) is 0. The van der Waals surface area contributed by atoms with Crippen LogP contribution in [0.5, 0.6) is 0 Å². The highest BCUT2D eigenvalue weighted by Crippen LogP contribution is 2.42. The molecule has 0 spiro atoms. The zero-order chi connectivity index (χ0) is 11.8. The zero-order valence-electron chi connectivity index (χ0n) is 8.64. The number of halogens is 2. The van der Waals surface area contributed by atoms with Crippen molar-refractivity contribution < 1.29 is 18.7 Å². The summed E-state index contributed by atoms with van der Waals surface area (Å²) >= 11 is 0. The maximum absolute atomic E-state index is 13.3. The molecule has 1 N–H and O–H groups in total. The maximum atomic E-state index is 13.3. The van der Waals surface area contributed by atoms with Gasteiger partial charge in [0.05, 0.1) is 12.0 Å². The van der Waals surface area contributed by atoms with Gasteiger partial charge in [-0.25, -0.2) is 8.78 Å². The van der Waals surface area contributed by atoms with Gasteiger partial charge in [-0.05, 0) is 18.6 Å². The number of alkyl halides is 2. The van der Waals surface area contributed by atoms with E-state index in [1.165, 1.54) is 0 Å². The van der Waals surface area contributed by atoms with E-state index in [0.717, 1.165) is 0 Å². The van der Waals surface area contributed by atoms with Gasteiger partial charge in [-0.3, -0.25) is 4.79 Å². The largest absolute Gasteiger partial charge is 0.481 e. The third-order valence-corrected chi connectivity index (χ3v) is 3.12. The van der Waals surface area contributed by atoms with Crippen molar-refractivity contribution in [1.29, 1.82) is 0 Å². The molecule has 0 unspecified atom stereocenters. The van der Waals surface area contributed by atoms with Gasteiger partial charge in [0.1, 0.15) is 0 Å². The van der Waals surface area contributed by atoms with Crippen LogP contribution in [0.3, 0.4) is 0 Å². The van der Waals surface area contributed by atoms with Gasteiger partial charge in [-0.15, -0.1) is 0 Å². The molecule has 1 fully saturated rings. The fraction of sp³-hybridized carbons (Fsp3) is 0.545. The Labute approximate surface area is 91.7 Å². The second-order valence-corrected chi connectivity index (χ2v) is 4.24. The van der Waals surface area contributed by atoms with Crippen LogP contribution in [0.25, 0.3) is 0 Å². The van der Waals surface area contributed by atoms with Crippen molar-refractivity contribution in [3.63, 3.8) is 0 Å². The van der Waals surface area contributed by atoms with E-state index in [0.29, 0.717) is 0 Å². The normalized spacial score (nSPS) is 28.9. The van der Waals surface area contributed by atoms with Gasteiger partial charge >= 0.3 is 5.97 Å². The van der Waals surface area contributed by atoms with Gasteiger partial charge in [0.25, 0.3) is 0 Å². The highest BCUT2D eigenvalue weighted by atomic mass is 19.3. The second-order valence-electron chi connectivity index (χ2n) is 4.24. The Morgan fingerprint density at radius 2 is 2.00 bits per heavy atom. The molecule has 0 saturated heterocycles. The van der Waals surface area contributed by atoms with Gasteiger partial charge in [-0.1, -0.05) is 0 Å². The van der Waals surface area contributed by atoms with Crippen molar-refractivity contribution in [3.05, 3.63) is 24.5 Å². The predicted octanol–water partition coefficient (Wildman–Crippen LogP) is 2.55. The summed E-state index contributed by atoms with van der Waals surface area (Å²) in [4.78, 5) is 11.0. The smallest absolute Gasteiger partial charge is 0.308 e. The SMILES string of the molecule is O=C(O)[C@@H]1CCC(F)(F)C[C@H]1n1cccc1. The Morgan fingerprint density at radius 1 is 1.38 bits per heavy atom. The molecule has 0 bridgehead atoms. The molecule has 0 amide bonds. The number of aliphatic carboxylic acids is 1. The zero-order valence-corrected chi connectivity index (χ0v) is 8.64. The van der Waals surface area contributed by atoms with Gasteiger partial charge in [0.15, 0.2) is 0 Å². The summed E-state index contributed by atoms with van der Waals surface area (Å²) in [5.74, 6) is -4.46. The number of nitrogens with zero attached hydrogens (tertiary/aromatic N) is 1. The van der Waals surface area contributed by atoms with E-state index in [1.54, 1.807) is 29.1 Å². The lowest BCUT2D eigenvalue weighted by molar-refractivity contribution is -0.149. The monoisotopic (exact) mass is 229 g/mol. The first-order chi connectivity index (χ1) is 7.49. The molecule has 0 radical (unpaired) electrons. The second kappa shape index (κ2) is 3.88. The fourth-order valence-electron chi connectivity index (χ4n) is 2.28. The predicted molar refractivity (Wildman–Crippen MR) is 53.4 cm³/mol. The van der Waals surface area contributed by atoms with Crippen molar-refractivity contribution in [1.82, 2.24) is 4.57 Å². The Bertz CT molecular complexity index is 375. The summed E-state index contributed by atoms with van der Waals surface area (Å²) < 4.78 is 28.1. The molecule has 16 heavy (non-hydrogen) atoms. The minimum Gasteiger partial charge on any atom is -0.481 e. The molecule has 2 atom stereocenters. The molecular formula is C11H13F2NO2. The lowest BCUT2D eigenvalue weighted by Crippen LogP contribution is -2.37. The summed E-state index contributed by atoms with van der Waals surface area (Å²) in [5, 5.41) is 9.02. The number of carboxylic acid groups (broad SMARTS) is 1. The number of aromatic nitrogens is 1. The summed E-state index contributed by atoms with van der Waals surface area (Å²) in [6.45, 7) is 0. The van der Waals surface area contributed by atoms with Gasteiger partial charge in [-0.2, -0.15) is 0 Å². The first-order valence-electron chi connectivity index (χ1n) is 5.23. The molecular weight excluding hydrogens is 216 g/mol. The molecule has 3 nitrogen and oxygen atoms in total. The molecule has 1 aromatic rings. The van der Waals surface area contributed by atoms with Crippen molar-refractivity contribution in [2.75, 3.05) is 0 Å². The summed E-state index contributed by atoms with van der Waals surface area (Å²) in [5.41, 5.74) is 0. The Hall–Kier alpha value is -1.39. The molecule has 1 heterocycles. The quantitative estimate of drug-likeness (QED) is 0.846. The van der Waals surface area contributed by atoms with Crippen LogP contribution in [0.1, 0.15) is 25.3 Å². The summed E-state index contributed by atoms with van der Waals surface area (Å²) in [6, 6.07) is 2.79. The Morgan fingerprint density at radius 3 is 2.56 bits per heavy atom. The first-order valence-corrected chi connectivity index (χ1v) is 5.23. The minimum atomic E-state index is -2.75. The van der Waals surface area contributed by atoms with Crippen LogP contribution in [-0.4, -0.2) is 21.6 Å². The minimum absolute atomic E-state index is 0.0329. The fourth-order valence-corrected chi connectivity index (χ4v) is 2.28. The van der Waals surface area contributed by atoms with Crippen LogP contribution in [0.15, 0.2) is 24.5 Å². The molecule has 0 aromatic carbocycles. The molecule has 1 aromatic heterocycles. The molecule has 5 heteroatoms. The highest BCUT2D eigenvalue weighted by molar-refractivity contribution is 5.70. The van der Waals surface area contributed by atoms with Crippen LogP contribution < -0.4 is 0 Å². The molecule has 1 saturated carbocycles. The molecule has 1 aliphatic rings. The van der Waals surface area contributed by atoms with E-state index in [4.69, 9.17) is 5.11 Å². The van der Waals surface area contributed by atoms with Crippen LogP contribution >= 0.6 is 0 Å². The van der Waals surface area contributed by atoms with E-state index >= 15 is 0 Å².